The van der Waals surface area contributed by atoms with E-state index in [1.165, 1.54) is 30.3 Å². The van der Waals surface area contributed by atoms with Gasteiger partial charge < -0.3 is 19.9 Å². The quantitative estimate of drug-likeness (QED) is 0.803. The number of furan rings is 1. The number of halogens is 1. The highest BCUT2D eigenvalue weighted by Crippen LogP contribution is 2.23. The third-order valence-electron chi connectivity index (χ3n) is 2.51. The molecule has 2 rings (SSSR count). The Morgan fingerprint density at radius 3 is 2.60 bits per heavy atom. The van der Waals surface area contributed by atoms with E-state index in [2.05, 4.69) is 5.32 Å². The highest BCUT2D eigenvalue weighted by molar-refractivity contribution is 6.32. The van der Waals surface area contributed by atoms with Crippen LogP contribution >= 0.6 is 11.6 Å². The smallest absolute Gasteiger partial charge is 0.371 e. The van der Waals surface area contributed by atoms with Gasteiger partial charge >= 0.3 is 5.97 Å². The second kappa shape index (κ2) is 5.66. The minimum Gasteiger partial charge on any atom is -0.506 e. The van der Waals surface area contributed by atoms with Gasteiger partial charge in [0.15, 0.2) is 0 Å². The molecular weight excluding hydrogens is 286 g/mol. The number of hydrogen-bond donors (Lipinski definition) is 3. The van der Waals surface area contributed by atoms with Gasteiger partial charge in [0.25, 0.3) is 5.91 Å². The Hall–Kier alpha value is -2.47. The van der Waals surface area contributed by atoms with Gasteiger partial charge in [-0.05, 0) is 30.3 Å². The molecule has 1 heterocycles. The first-order valence-corrected chi connectivity index (χ1v) is 5.94. The minimum atomic E-state index is -1.17. The fraction of sp³-hybridized carbons (Fsp3) is 0.0769. The maximum absolute atomic E-state index is 11.8. The van der Waals surface area contributed by atoms with Crippen LogP contribution < -0.4 is 5.32 Å². The van der Waals surface area contributed by atoms with Crippen LogP contribution in [0.1, 0.15) is 26.7 Å². The summed E-state index contributed by atoms with van der Waals surface area (Å²) in [5.41, 5.74) is 0.276. The van der Waals surface area contributed by atoms with Gasteiger partial charge in [-0.3, -0.25) is 4.79 Å². The Morgan fingerprint density at radius 2 is 2.00 bits per heavy atom. The van der Waals surface area contributed by atoms with Crippen molar-refractivity contribution in [2.75, 3.05) is 0 Å². The van der Waals surface area contributed by atoms with Gasteiger partial charge in [-0.25, -0.2) is 4.79 Å². The first-order valence-electron chi connectivity index (χ1n) is 5.56. The maximum Gasteiger partial charge on any atom is 0.371 e. The predicted octanol–water partition coefficient (Wildman–Crippen LogP) is 2.27. The number of aromatic carboxylic acids is 1. The number of aromatic hydroxyl groups is 1. The number of phenols is 1. The van der Waals surface area contributed by atoms with Crippen LogP contribution in [0.4, 0.5) is 0 Å². The standard InChI is InChI=1S/C13H10ClNO5/c14-9-5-7(1-3-10(9)16)12(17)15-6-8-2-4-11(20-8)13(18)19/h1-5,16H,6H2,(H,15,17)(H,18,19). The summed E-state index contributed by atoms with van der Waals surface area (Å²) in [7, 11) is 0. The van der Waals surface area contributed by atoms with Gasteiger partial charge in [-0.1, -0.05) is 11.6 Å². The molecule has 0 atom stereocenters. The molecule has 104 valence electrons. The zero-order valence-electron chi connectivity index (χ0n) is 10.1. The average Bonchev–Trinajstić information content (AvgIpc) is 2.88. The number of amides is 1. The van der Waals surface area contributed by atoms with Crippen LogP contribution in [-0.4, -0.2) is 22.1 Å². The lowest BCUT2D eigenvalue weighted by Gasteiger charge is -2.04. The van der Waals surface area contributed by atoms with Crippen molar-refractivity contribution >= 4 is 23.5 Å². The molecule has 0 saturated heterocycles. The van der Waals surface area contributed by atoms with Gasteiger partial charge in [0.1, 0.15) is 11.5 Å². The highest BCUT2D eigenvalue weighted by Gasteiger charge is 2.11. The van der Waals surface area contributed by atoms with Gasteiger partial charge in [0, 0.05) is 5.56 Å². The molecule has 3 N–H and O–H groups in total. The van der Waals surface area contributed by atoms with Crippen molar-refractivity contribution in [2.24, 2.45) is 0 Å². The lowest BCUT2D eigenvalue weighted by Crippen LogP contribution is -2.22. The summed E-state index contributed by atoms with van der Waals surface area (Å²) in [5, 5.41) is 20.6. The van der Waals surface area contributed by atoms with Crippen LogP contribution in [0.5, 0.6) is 5.75 Å². The normalized spacial score (nSPS) is 10.2. The monoisotopic (exact) mass is 295 g/mol. The maximum atomic E-state index is 11.8. The van der Waals surface area contributed by atoms with E-state index in [0.29, 0.717) is 5.76 Å². The zero-order chi connectivity index (χ0) is 14.7. The van der Waals surface area contributed by atoms with E-state index in [0.717, 1.165) is 0 Å². The summed E-state index contributed by atoms with van der Waals surface area (Å²) in [6.45, 7) is 0.0462. The van der Waals surface area contributed by atoms with E-state index in [4.69, 9.17) is 21.1 Å². The molecule has 0 aliphatic heterocycles. The topological polar surface area (TPSA) is 99.8 Å². The molecular formula is C13H10ClNO5. The van der Waals surface area contributed by atoms with Crippen LogP contribution in [0.2, 0.25) is 5.02 Å². The minimum absolute atomic E-state index is 0.0462. The number of nitrogens with one attached hydrogen (secondary N) is 1. The molecule has 0 aliphatic rings. The summed E-state index contributed by atoms with van der Waals surface area (Å²) in [5.74, 6) is -1.57. The third-order valence-corrected chi connectivity index (χ3v) is 2.81. The summed E-state index contributed by atoms with van der Waals surface area (Å²) >= 11 is 5.70. The molecule has 0 unspecified atom stereocenters. The van der Waals surface area contributed by atoms with Crippen molar-refractivity contribution < 1.29 is 24.2 Å². The van der Waals surface area contributed by atoms with Crippen molar-refractivity contribution in [3.05, 3.63) is 52.4 Å². The lowest BCUT2D eigenvalue weighted by atomic mass is 10.2. The highest BCUT2D eigenvalue weighted by atomic mass is 35.5. The van der Waals surface area contributed by atoms with Gasteiger partial charge in [-0.2, -0.15) is 0 Å². The molecule has 20 heavy (non-hydrogen) atoms. The second-order valence-electron chi connectivity index (χ2n) is 3.92. The van der Waals surface area contributed by atoms with Crippen LogP contribution in [0.25, 0.3) is 0 Å². The summed E-state index contributed by atoms with van der Waals surface area (Å²) in [6, 6.07) is 6.83. The average molecular weight is 296 g/mol. The first kappa shape index (κ1) is 14.0. The molecule has 0 spiro atoms. The van der Waals surface area contributed by atoms with E-state index in [1.54, 1.807) is 0 Å². The Kier molecular flexibility index (Phi) is 3.95. The van der Waals surface area contributed by atoms with Crippen molar-refractivity contribution in [3.8, 4) is 5.75 Å². The molecule has 1 aromatic carbocycles. The summed E-state index contributed by atoms with van der Waals surface area (Å²) in [6.07, 6.45) is 0. The van der Waals surface area contributed by atoms with Crippen molar-refractivity contribution in [1.29, 1.82) is 0 Å². The molecule has 1 aromatic heterocycles. The zero-order valence-corrected chi connectivity index (χ0v) is 10.8. The van der Waals surface area contributed by atoms with E-state index < -0.39 is 11.9 Å². The molecule has 2 aromatic rings. The van der Waals surface area contributed by atoms with Crippen LogP contribution in [-0.2, 0) is 6.54 Å². The number of carboxylic acids is 1. The molecule has 0 radical (unpaired) electrons. The second-order valence-corrected chi connectivity index (χ2v) is 4.33. The van der Waals surface area contributed by atoms with E-state index in [-0.39, 0.29) is 28.6 Å². The SMILES string of the molecule is O=C(NCc1ccc(C(=O)O)o1)c1ccc(O)c(Cl)c1. The van der Waals surface area contributed by atoms with Gasteiger partial charge in [0.05, 0.1) is 11.6 Å². The first-order chi connectivity index (χ1) is 9.47. The predicted molar refractivity (Wildman–Crippen MR) is 70.0 cm³/mol. The van der Waals surface area contributed by atoms with Gasteiger partial charge in [-0.15, -0.1) is 0 Å². The molecule has 0 aliphatic carbocycles. The Labute approximate surface area is 118 Å². The van der Waals surface area contributed by atoms with Crippen LogP contribution in [0.3, 0.4) is 0 Å². The fourth-order valence-corrected chi connectivity index (χ4v) is 1.69. The Balaban J connectivity index is 2.00. The molecule has 1 amide bonds. The van der Waals surface area contributed by atoms with Crippen LogP contribution in [0.15, 0.2) is 34.7 Å². The van der Waals surface area contributed by atoms with Crippen LogP contribution in [0, 0.1) is 0 Å². The van der Waals surface area contributed by atoms with E-state index >= 15 is 0 Å². The number of carboxylic acid groups (broad SMARTS) is 1. The summed E-state index contributed by atoms with van der Waals surface area (Å²) < 4.78 is 4.99. The van der Waals surface area contributed by atoms with Crippen molar-refractivity contribution in [1.82, 2.24) is 5.32 Å². The molecule has 7 heteroatoms. The van der Waals surface area contributed by atoms with E-state index in [1.807, 2.05) is 0 Å². The lowest BCUT2D eigenvalue weighted by molar-refractivity contribution is 0.0660. The number of benzene rings is 1. The molecule has 0 bridgehead atoms. The number of phenolic OH excluding ortho intramolecular Hbond substituents is 1. The van der Waals surface area contributed by atoms with Crippen molar-refractivity contribution in [3.63, 3.8) is 0 Å². The number of carbonyl (C=O) groups is 2. The third kappa shape index (κ3) is 3.10. The molecule has 6 nitrogen and oxygen atoms in total. The fourth-order valence-electron chi connectivity index (χ4n) is 1.51. The molecule has 0 saturated carbocycles. The Morgan fingerprint density at radius 1 is 1.25 bits per heavy atom. The Bertz CT molecular complexity index is 665. The molecule has 0 fully saturated rings. The number of rotatable bonds is 4. The van der Waals surface area contributed by atoms with Gasteiger partial charge in [0.2, 0.25) is 5.76 Å². The summed E-state index contributed by atoms with van der Waals surface area (Å²) in [4.78, 5) is 22.4. The largest absolute Gasteiger partial charge is 0.506 e. The number of carbonyl (C=O) groups excluding carboxylic acids is 1. The number of hydrogen-bond acceptors (Lipinski definition) is 4. The van der Waals surface area contributed by atoms with E-state index in [9.17, 15) is 14.7 Å². The van der Waals surface area contributed by atoms with Crippen molar-refractivity contribution in [2.45, 2.75) is 6.54 Å².